The van der Waals surface area contributed by atoms with Gasteiger partial charge in [-0.25, -0.2) is 4.98 Å². The highest BCUT2D eigenvalue weighted by molar-refractivity contribution is 5.80. The van der Waals surface area contributed by atoms with Gasteiger partial charge in [-0.15, -0.1) is 0 Å². The van der Waals surface area contributed by atoms with Crippen LogP contribution in [0.5, 0.6) is 5.88 Å². The summed E-state index contributed by atoms with van der Waals surface area (Å²) >= 11 is 0. The van der Waals surface area contributed by atoms with Crippen LogP contribution < -0.4 is 10.1 Å². The van der Waals surface area contributed by atoms with Crippen LogP contribution in [0.1, 0.15) is 24.3 Å². The lowest BCUT2D eigenvalue weighted by Gasteiger charge is -2.24. The Morgan fingerprint density at radius 3 is 2.78 bits per heavy atom. The number of benzene rings is 1. The van der Waals surface area contributed by atoms with E-state index in [0.29, 0.717) is 5.92 Å². The third kappa shape index (κ3) is 2.06. The summed E-state index contributed by atoms with van der Waals surface area (Å²) in [6, 6.07) is 10.5. The van der Waals surface area contributed by atoms with Crippen LogP contribution >= 0.6 is 0 Å². The van der Waals surface area contributed by atoms with Crippen LogP contribution in [0.4, 0.5) is 0 Å². The maximum atomic E-state index is 5.48. The number of nitrogens with one attached hydrogen (secondary N) is 1. The van der Waals surface area contributed by atoms with E-state index in [1.54, 1.807) is 7.11 Å². The number of ether oxygens (including phenoxy) is 1. The summed E-state index contributed by atoms with van der Waals surface area (Å²) in [4.78, 5) is 4.63. The minimum absolute atomic E-state index is 0.568. The Kier molecular flexibility index (Phi) is 3.15. The molecule has 3 nitrogen and oxygen atoms in total. The zero-order valence-corrected chi connectivity index (χ0v) is 10.6. The standard InChI is InChI=1S/C15H18N2O/c1-18-15-13(11-6-8-16-9-7-11)10-12-4-2-3-5-14(12)17-15/h2-5,10-11,16H,6-9H2,1H3. The van der Waals surface area contributed by atoms with E-state index in [9.17, 15) is 0 Å². The first-order valence-electron chi connectivity index (χ1n) is 6.53. The molecule has 0 spiro atoms. The minimum atomic E-state index is 0.568. The van der Waals surface area contributed by atoms with Gasteiger partial charge in [0.1, 0.15) is 0 Å². The van der Waals surface area contributed by atoms with Crippen molar-refractivity contribution >= 4 is 10.9 Å². The van der Waals surface area contributed by atoms with Crippen LogP contribution in [0, 0.1) is 0 Å². The van der Waals surface area contributed by atoms with E-state index in [-0.39, 0.29) is 0 Å². The summed E-state index contributed by atoms with van der Waals surface area (Å²) in [7, 11) is 1.71. The molecule has 1 aliphatic heterocycles. The zero-order valence-electron chi connectivity index (χ0n) is 10.6. The van der Waals surface area contributed by atoms with Crippen molar-refractivity contribution in [1.29, 1.82) is 0 Å². The molecule has 0 amide bonds. The predicted molar refractivity (Wildman–Crippen MR) is 73.1 cm³/mol. The first kappa shape index (κ1) is 11.5. The normalized spacial score (nSPS) is 16.9. The Morgan fingerprint density at radius 1 is 1.22 bits per heavy atom. The van der Waals surface area contributed by atoms with E-state index in [0.717, 1.165) is 37.3 Å². The number of aromatic nitrogens is 1. The minimum Gasteiger partial charge on any atom is -0.481 e. The molecule has 1 fully saturated rings. The molecule has 18 heavy (non-hydrogen) atoms. The first-order valence-corrected chi connectivity index (χ1v) is 6.53. The average molecular weight is 242 g/mol. The highest BCUT2D eigenvalue weighted by Gasteiger charge is 2.20. The van der Waals surface area contributed by atoms with Gasteiger partial charge in [-0.1, -0.05) is 18.2 Å². The first-order chi connectivity index (χ1) is 8.88. The highest BCUT2D eigenvalue weighted by Crippen LogP contribution is 2.33. The van der Waals surface area contributed by atoms with Gasteiger partial charge in [0.2, 0.25) is 5.88 Å². The van der Waals surface area contributed by atoms with Gasteiger partial charge in [0.25, 0.3) is 0 Å². The maximum absolute atomic E-state index is 5.48. The van der Waals surface area contributed by atoms with Crippen molar-refractivity contribution in [3.8, 4) is 5.88 Å². The van der Waals surface area contributed by atoms with Crippen molar-refractivity contribution in [3.05, 3.63) is 35.9 Å². The van der Waals surface area contributed by atoms with Crippen molar-refractivity contribution in [3.63, 3.8) is 0 Å². The number of piperidine rings is 1. The fraction of sp³-hybridized carbons (Fsp3) is 0.400. The fourth-order valence-corrected chi connectivity index (χ4v) is 2.70. The summed E-state index contributed by atoms with van der Waals surface area (Å²) < 4.78 is 5.48. The Balaban J connectivity index is 2.08. The average Bonchev–Trinajstić information content (AvgIpc) is 2.46. The van der Waals surface area contributed by atoms with E-state index in [2.05, 4.69) is 28.5 Å². The van der Waals surface area contributed by atoms with Gasteiger partial charge in [-0.05, 0) is 44.0 Å². The Morgan fingerprint density at radius 2 is 2.00 bits per heavy atom. The molecule has 0 unspecified atom stereocenters. The molecule has 1 aromatic heterocycles. The van der Waals surface area contributed by atoms with Gasteiger partial charge >= 0.3 is 0 Å². The van der Waals surface area contributed by atoms with Crippen molar-refractivity contribution < 1.29 is 4.74 Å². The van der Waals surface area contributed by atoms with Gasteiger partial charge in [-0.2, -0.15) is 0 Å². The second-order valence-electron chi connectivity index (χ2n) is 4.80. The molecule has 94 valence electrons. The molecule has 0 aliphatic carbocycles. The molecule has 0 saturated carbocycles. The number of pyridine rings is 1. The van der Waals surface area contributed by atoms with Crippen molar-refractivity contribution in [2.75, 3.05) is 20.2 Å². The summed E-state index contributed by atoms with van der Waals surface area (Å²) in [5.74, 6) is 1.36. The van der Waals surface area contributed by atoms with Gasteiger partial charge in [0, 0.05) is 10.9 Å². The van der Waals surface area contributed by atoms with Crippen molar-refractivity contribution in [2.24, 2.45) is 0 Å². The number of fused-ring (bicyclic) bond motifs is 1. The molecule has 3 rings (SSSR count). The molecule has 1 aromatic carbocycles. The topological polar surface area (TPSA) is 34.1 Å². The molecule has 1 saturated heterocycles. The zero-order chi connectivity index (χ0) is 12.4. The molecule has 1 aliphatic rings. The maximum Gasteiger partial charge on any atom is 0.217 e. The smallest absolute Gasteiger partial charge is 0.217 e. The summed E-state index contributed by atoms with van der Waals surface area (Å²) in [5.41, 5.74) is 2.27. The molecular weight excluding hydrogens is 224 g/mol. The molecule has 0 atom stereocenters. The fourth-order valence-electron chi connectivity index (χ4n) is 2.70. The SMILES string of the molecule is COc1nc2ccccc2cc1C1CCNCC1. The van der Waals surface area contributed by atoms with Gasteiger partial charge in [0.05, 0.1) is 12.6 Å². The van der Waals surface area contributed by atoms with Gasteiger partial charge in [0.15, 0.2) is 0 Å². The molecular formula is C15H18N2O. The number of nitrogens with zero attached hydrogens (tertiary/aromatic N) is 1. The number of methoxy groups -OCH3 is 1. The van der Waals surface area contributed by atoms with E-state index in [1.165, 1.54) is 10.9 Å². The van der Waals surface area contributed by atoms with E-state index < -0.39 is 0 Å². The van der Waals surface area contributed by atoms with Crippen molar-refractivity contribution in [2.45, 2.75) is 18.8 Å². The van der Waals surface area contributed by atoms with E-state index in [4.69, 9.17) is 4.74 Å². The lowest BCUT2D eigenvalue weighted by Crippen LogP contribution is -2.26. The molecule has 3 heteroatoms. The number of rotatable bonds is 2. The predicted octanol–water partition coefficient (Wildman–Crippen LogP) is 2.71. The largest absolute Gasteiger partial charge is 0.481 e. The molecule has 2 aromatic rings. The number of hydrogen-bond acceptors (Lipinski definition) is 3. The van der Waals surface area contributed by atoms with Gasteiger partial charge < -0.3 is 10.1 Å². The quantitative estimate of drug-likeness (QED) is 0.879. The summed E-state index contributed by atoms with van der Waals surface area (Å²) in [5, 5.41) is 4.60. The lowest BCUT2D eigenvalue weighted by molar-refractivity contribution is 0.378. The summed E-state index contributed by atoms with van der Waals surface area (Å²) in [6.45, 7) is 2.17. The Labute approximate surface area is 107 Å². The number of hydrogen-bond donors (Lipinski definition) is 1. The molecule has 1 N–H and O–H groups in total. The Hall–Kier alpha value is -1.61. The van der Waals surface area contributed by atoms with Crippen LogP contribution in [0.25, 0.3) is 10.9 Å². The molecule has 0 radical (unpaired) electrons. The summed E-state index contributed by atoms with van der Waals surface area (Å²) in [6.07, 6.45) is 2.33. The monoisotopic (exact) mass is 242 g/mol. The lowest BCUT2D eigenvalue weighted by atomic mass is 9.90. The second-order valence-corrected chi connectivity index (χ2v) is 4.80. The van der Waals surface area contributed by atoms with E-state index >= 15 is 0 Å². The molecule has 0 bridgehead atoms. The third-order valence-electron chi connectivity index (χ3n) is 3.69. The second kappa shape index (κ2) is 4.94. The molecule has 2 heterocycles. The van der Waals surface area contributed by atoms with Crippen LogP contribution in [0.2, 0.25) is 0 Å². The van der Waals surface area contributed by atoms with Crippen LogP contribution in [0.3, 0.4) is 0 Å². The van der Waals surface area contributed by atoms with E-state index in [1.807, 2.05) is 12.1 Å². The van der Waals surface area contributed by atoms with Gasteiger partial charge in [-0.3, -0.25) is 0 Å². The van der Waals surface area contributed by atoms with Crippen LogP contribution in [-0.2, 0) is 0 Å². The third-order valence-corrected chi connectivity index (χ3v) is 3.69. The van der Waals surface area contributed by atoms with Crippen LogP contribution in [0.15, 0.2) is 30.3 Å². The van der Waals surface area contributed by atoms with Crippen molar-refractivity contribution in [1.82, 2.24) is 10.3 Å². The highest BCUT2D eigenvalue weighted by atomic mass is 16.5. The Bertz CT molecular complexity index is 547. The van der Waals surface area contributed by atoms with Crippen LogP contribution in [-0.4, -0.2) is 25.2 Å². The number of para-hydroxylation sites is 1.